The lowest BCUT2D eigenvalue weighted by atomic mass is 9.90. The monoisotopic (exact) mass is 511 g/mol. The topological polar surface area (TPSA) is 72.9 Å². The van der Waals surface area contributed by atoms with E-state index in [0.29, 0.717) is 28.9 Å². The highest BCUT2D eigenvalue weighted by molar-refractivity contribution is 5.94. The van der Waals surface area contributed by atoms with Gasteiger partial charge >= 0.3 is 0 Å². The number of piperidine rings is 1. The maximum atomic E-state index is 12.7. The largest absolute Gasteiger partial charge is 0.497 e. The molecule has 38 heavy (non-hydrogen) atoms. The molecule has 0 saturated carbocycles. The zero-order valence-electron chi connectivity index (χ0n) is 21.9. The lowest BCUT2D eigenvalue weighted by molar-refractivity contribution is -0.118. The average molecular weight is 512 g/mol. The van der Waals surface area contributed by atoms with E-state index < -0.39 is 0 Å². The number of nitrogens with zero attached hydrogens (tertiary/aromatic N) is 2. The molecule has 4 aromatic rings. The van der Waals surface area contributed by atoms with Crippen LogP contribution in [-0.4, -0.2) is 44.8 Å². The Kier molecular flexibility index (Phi) is 7.92. The number of hydrogen-bond acceptors (Lipinski definition) is 6. The predicted molar refractivity (Wildman–Crippen MR) is 150 cm³/mol. The van der Waals surface area contributed by atoms with E-state index >= 15 is 0 Å². The first-order valence-corrected chi connectivity index (χ1v) is 13.0. The smallest absolute Gasteiger partial charge is 0.262 e. The second-order valence-corrected chi connectivity index (χ2v) is 9.52. The SMILES string of the molecule is COc1ccc(NC(=O)COc2cccc3ccc(N4CCC(Cc5ccccc5)CC4)nc23)c(OC)c1. The van der Waals surface area contributed by atoms with Gasteiger partial charge in [0.25, 0.3) is 5.91 Å². The first-order chi connectivity index (χ1) is 18.6. The van der Waals surface area contributed by atoms with E-state index in [4.69, 9.17) is 19.2 Å². The number of hydrogen-bond donors (Lipinski definition) is 1. The number of nitrogens with one attached hydrogen (secondary N) is 1. The molecule has 7 nitrogen and oxygen atoms in total. The minimum Gasteiger partial charge on any atom is -0.497 e. The summed E-state index contributed by atoms with van der Waals surface area (Å²) in [6.07, 6.45) is 3.41. The molecular weight excluding hydrogens is 478 g/mol. The van der Waals surface area contributed by atoms with Crippen LogP contribution >= 0.6 is 0 Å². The summed E-state index contributed by atoms with van der Waals surface area (Å²) < 4.78 is 16.5. The average Bonchev–Trinajstić information content (AvgIpc) is 2.97. The fourth-order valence-electron chi connectivity index (χ4n) is 4.95. The van der Waals surface area contributed by atoms with Crippen molar-refractivity contribution in [3.05, 3.63) is 84.4 Å². The Hall–Kier alpha value is -4.26. The number of amides is 1. The molecule has 0 unspecified atom stereocenters. The van der Waals surface area contributed by atoms with Crippen LogP contribution in [0.5, 0.6) is 17.2 Å². The zero-order chi connectivity index (χ0) is 26.3. The molecule has 0 radical (unpaired) electrons. The number of anilines is 2. The number of rotatable bonds is 9. The molecule has 2 heterocycles. The Morgan fingerprint density at radius 3 is 2.50 bits per heavy atom. The van der Waals surface area contributed by atoms with Crippen molar-refractivity contribution in [2.24, 2.45) is 5.92 Å². The maximum absolute atomic E-state index is 12.7. The van der Waals surface area contributed by atoms with Gasteiger partial charge in [-0.05, 0) is 61.1 Å². The van der Waals surface area contributed by atoms with Crippen molar-refractivity contribution in [3.8, 4) is 17.2 Å². The van der Waals surface area contributed by atoms with Gasteiger partial charge in [0, 0.05) is 24.5 Å². The van der Waals surface area contributed by atoms with E-state index in [9.17, 15) is 4.79 Å². The zero-order valence-corrected chi connectivity index (χ0v) is 21.9. The van der Waals surface area contributed by atoms with Gasteiger partial charge in [0.1, 0.15) is 28.6 Å². The number of methoxy groups -OCH3 is 2. The summed E-state index contributed by atoms with van der Waals surface area (Å²) in [6.45, 7) is 1.81. The van der Waals surface area contributed by atoms with Crippen molar-refractivity contribution >= 4 is 28.3 Å². The van der Waals surface area contributed by atoms with E-state index in [1.165, 1.54) is 5.56 Å². The van der Waals surface area contributed by atoms with Crippen LogP contribution in [0.15, 0.2) is 78.9 Å². The molecule has 196 valence electrons. The first-order valence-electron chi connectivity index (χ1n) is 13.0. The summed E-state index contributed by atoms with van der Waals surface area (Å²) in [6, 6.07) is 25.9. The van der Waals surface area contributed by atoms with Crippen LogP contribution in [0.3, 0.4) is 0 Å². The number of carbonyl (C=O) groups excluding carboxylic acids is 1. The van der Waals surface area contributed by atoms with Gasteiger partial charge in [-0.25, -0.2) is 4.98 Å². The van der Waals surface area contributed by atoms with Gasteiger partial charge in [-0.3, -0.25) is 4.79 Å². The first kappa shape index (κ1) is 25.4. The Balaban J connectivity index is 1.23. The predicted octanol–water partition coefficient (Wildman–Crippen LogP) is 5.73. The number of pyridine rings is 1. The molecule has 3 aromatic carbocycles. The van der Waals surface area contributed by atoms with Gasteiger partial charge < -0.3 is 24.4 Å². The molecule has 7 heteroatoms. The summed E-state index contributed by atoms with van der Waals surface area (Å²) in [5.74, 6) is 3.09. The third kappa shape index (κ3) is 5.99. The van der Waals surface area contributed by atoms with Crippen LogP contribution in [0.4, 0.5) is 11.5 Å². The number of fused-ring (bicyclic) bond motifs is 1. The summed E-state index contributed by atoms with van der Waals surface area (Å²) >= 11 is 0. The van der Waals surface area contributed by atoms with Crippen LogP contribution in [0.2, 0.25) is 0 Å². The van der Waals surface area contributed by atoms with E-state index in [2.05, 4.69) is 52.7 Å². The number of carbonyl (C=O) groups is 1. The summed E-state index contributed by atoms with van der Waals surface area (Å²) in [5.41, 5.74) is 2.72. The third-order valence-corrected chi connectivity index (χ3v) is 7.02. The minimum atomic E-state index is -0.290. The molecule has 1 saturated heterocycles. The van der Waals surface area contributed by atoms with Crippen LogP contribution in [0, 0.1) is 5.92 Å². The second kappa shape index (κ2) is 11.9. The Labute approximate surface area is 223 Å². The standard InChI is InChI=1S/C31H33N3O4/c1-36-25-12-13-26(28(20-25)37-2)32-30(35)21-38-27-10-6-9-24-11-14-29(33-31(24)27)34-17-15-23(16-18-34)19-22-7-4-3-5-8-22/h3-14,20,23H,15-19,21H2,1-2H3,(H,32,35). The second-order valence-electron chi connectivity index (χ2n) is 9.52. The highest BCUT2D eigenvalue weighted by Crippen LogP contribution is 2.31. The normalized spacial score (nSPS) is 13.8. The van der Waals surface area contributed by atoms with Crippen molar-refractivity contribution in [3.63, 3.8) is 0 Å². The van der Waals surface area contributed by atoms with Gasteiger partial charge in [0.05, 0.1) is 19.9 Å². The molecule has 0 aliphatic carbocycles. The van der Waals surface area contributed by atoms with Gasteiger partial charge in [-0.2, -0.15) is 0 Å². The molecule has 1 amide bonds. The van der Waals surface area contributed by atoms with Crippen molar-refractivity contribution in [1.29, 1.82) is 0 Å². The molecule has 1 aliphatic rings. The van der Waals surface area contributed by atoms with E-state index in [0.717, 1.165) is 49.1 Å². The molecule has 0 spiro atoms. The van der Waals surface area contributed by atoms with Crippen molar-refractivity contribution in [1.82, 2.24) is 4.98 Å². The minimum absolute atomic E-state index is 0.148. The molecule has 1 aliphatic heterocycles. The molecule has 5 rings (SSSR count). The molecule has 0 atom stereocenters. The van der Waals surface area contributed by atoms with Gasteiger partial charge in [0.15, 0.2) is 6.61 Å². The van der Waals surface area contributed by atoms with Gasteiger partial charge in [0.2, 0.25) is 0 Å². The van der Waals surface area contributed by atoms with E-state index in [-0.39, 0.29) is 12.5 Å². The van der Waals surface area contributed by atoms with Crippen LogP contribution in [0.1, 0.15) is 18.4 Å². The van der Waals surface area contributed by atoms with E-state index in [1.807, 2.05) is 18.2 Å². The third-order valence-electron chi connectivity index (χ3n) is 7.02. The molecule has 0 bridgehead atoms. The Bertz CT molecular complexity index is 1380. The van der Waals surface area contributed by atoms with Crippen LogP contribution < -0.4 is 24.4 Å². The van der Waals surface area contributed by atoms with Crippen molar-refractivity contribution in [2.45, 2.75) is 19.3 Å². The highest BCUT2D eigenvalue weighted by Gasteiger charge is 2.21. The number of ether oxygens (including phenoxy) is 3. The Morgan fingerprint density at radius 1 is 0.921 bits per heavy atom. The molecule has 1 N–H and O–H groups in total. The van der Waals surface area contributed by atoms with Crippen LogP contribution in [-0.2, 0) is 11.2 Å². The summed E-state index contributed by atoms with van der Waals surface area (Å²) in [5, 5.41) is 3.82. The number of benzene rings is 3. The Morgan fingerprint density at radius 2 is 1.74 bits per heavy atom. The number of para-hydroxylation sites is 1. The quantitative estimate of drug-likeness (QED) is 0.310. The lowest BCUT2D eigenvalue weighted by Crippen LogP contribution is -2.34. The summed E-state index contributed by atoms with van der Waals surface area (Å²) in [4.78, 5) is 20.0. The van der Waals surface area contributed by atoms with E-state index in [1.54, 1.807) is 32.4 Å². The fourth-order valence-corrected chi connectivity index (χ4v) is 4.95. The maximum Gasteiger partial charge on any atom is 0.262 e. The lowest BCUT2D eigenvalue weighted by Gasteiger charge is -2.33. The highest BCUT2D eigenvalue weighted by atomic mass is 16.5. The van der Waals surface area contributed by atoms with Crippen LogP contribution in [0.25, 0.3) is 10.9 Å². The van der Waals surface area contributed by atoms with Gasteiger partial charge in [-0.1, -0.05) is 42.5 Å². The van der Waals surface area contributed by atoms with Crippen molar-refractivity contribution in [2.75, 3.05) is 44.1 Å². The molecule has 1 fully saturated rings. The molecular formula is C31H33N3O4. The number of aromatic nitrogens is 1. The van der Waals surface area contributed by atoms with Crippen molar-refractivity contribution < 1.29 is 19.0 Å². The fraction of sp³-hybridized carbons (Fsp3) is 0.290. The van der Waals surface area contributed by atoms with Gasteiger partial charge in [-0.15, -0.1) is 0 Å². The summed E-state index contributed by atoms with van der Waals surface area (Å²) in [7, 11) is 3.13. The molecule has 1 aromatic heterocycles.